The average molecular weight is 375 g/mol. The van der Waals surface area contributed by atoms with Crippen LogP contribution in [0.4, 0.5) is 5.69 Å². The van der Waals surface area contributed by atoms with Crippen molar-refractivity contribution in [3.8, 4) is 5.75 Å². The van der Waals surface area contributed by atoms with E-state index in [-0.39, 0.29) is 11.0 Å². The van der Waals surface area contributed by atoms with E-state index in [1.807, 2.05) is 32.0 Å². The molecule has 140 valence electrons. The van der Waals surface area contributed by atoms with Crippen molar-refractivity contribution >= 4 is 15.7 Å². The number of hydrogen-bond acceptors (Lipinski definition) is 4. The largest absolute Gasteiger partial charge is 0.491 e. The van der Waals surface area contributed by atoms with Gasteiger partial charge in [-0.3, -0.25) is 0 Å². The Morgan fingerprint density at radius 3 is 2.46 bits per heavy atom. The molecule has 1 unspecified atom stereocenters. The zero-order valence-corrected chi connectivity index (χ0v) is 16.1. The molecule has 0 amide bonds. The Labute approximate surface area is 156 Å². The maximum absolute atomic E-state index is 12.5. The van der Waals surface area contributed by atoms with Gasteiger partial charge in [0.2, 0.25) is 10.0 Å². The first-order valence-electron chi connectivity index (χ1n) is 9.00. The van der Waals surface area contributed by atoms with Crippen LogP contribution in [0, 0.1) is 5.92 Å². The van der Waals surface area contributed by atoms with Crippen LogP contribution in [0.5, 0.6) is 5.75 Å². The van der Waals surface area contributed by atoms with Crippen molar-refractivity contribution in [3.63, 3.8) is 0 Å². The quantitative estimate of drug-likeness (QED) is 0.808. The van der Waals surface area contributed by atoms with E-state index >= 15 is 0 Å². The molecule has 0 radical (unpaired) electrons. The lowest BCUT2D eigenvalue weighted by molar-refractivity contribution is 0.242. The van der Waals surface area contributed by atoms with Crippen molar-refractivity contribution in [2.24, 2.45) is 5.92 Å². The van der Waals surface area contributed by atoms with Crippen LogP contribution in [-0.4, -0.2) is 34.2 Å². The topological polar surface area (TPSA) is 58.6 Å². The molecule has 3 rings (SSSR count). The smallest absolute Gasteiger partial charge is 0.240 e. The summed E-state index contributed by atoms with van der Waals surface area (Å²) in [4.78, 5) is 2.57. The monoisotopic (exact) mass is 374 g/mol. The highest BCUT2D eigenvalue weighted by Crippen LogP contribution is 2.23. The van der Waals surface area contributed by atoms with Gasteiger partial charge >= 0.3 is 0 Å². The van der Waals surface area contributed by atoms with Crippen LogP contribution in [0.25, 0.3) is 0 Å². The van der Waals surface area contributed by atoms with Gasteiger partial charge in [-0.1, -0.05) is 18.2 Å². The minimum atomic E-state index is -3.50. The highest BCUT2D eigenvalue weighted by atomic mass is 32.2. The van der Waals surface area contributed by atoms with Gasteiger partial charge in [-0.25, -0.2) is 13.1 Å². The van der Waals surface area contributed by atoms with Crippen LogP contribution < -0.4 is 14.4 Å². The van der Waals surface area contributed by atoms with Gasteiger partial charge in [-0.2, -0.15) is 0 Å². The number of nitrogens with zero attached hydrogens (tertiary/aromatic N) is 1. The summed E-state index contributed by atoms with van der Waals surface area (Å²) in [6.07, 6.45) is 1.05. The Morgan fingerprint density at radius 2 is 1.81 bits per heavy atom. The standard InChI is InChI=1S/C20H26N2O3S/c1-16(2)25-19-8-10-20(11-9-19)26(23,24)21-14-17-12-13-22(15-17)18-6-4-3-5-7-18/h3-11,16-17,21H,12-15H2,1-2H3. The second kappa shape index (κ2) is 8.10. The molecular formula is C20H26N2O3S. The van der Waals surface area contributed by atoms with Gasteiger partial charge in [0.15, 0.2) is 0 Å². The van der Waals surface area contributed by atoms with Crippen LogP contribution in [0.15, 0.2) is 59.5 Å². The maximum Gasteiger partial charge on any atom is 0.240 e. The molecule has 1 fully saturated rings. The zero-order valence-electron chi connectivity index (χ0n) is 15.3. The molecule has 1 saturated heterocycles. The fraction of sp³-hybridized carbons (Fsp3) is 0.400. The van der Waals surface area contributed by atoms with Crippen molar-refractivity contribution in [2.45, 2.75) is 31.3 Å². The first-order chi connectivity index (χ1) is 12.4. The van der Waals surface area contributed by atoms with Gasteiger partial charge in [0.1, 0.15) is 5.75 Å². The van der Waals surface area contributed by atoms with E-state index in [1.165, 1.54) is 5.69 Å². The van der Waals surface area contributed by atoms with Crippen molar-refractivity contribution in [1.29, 1.82) is 0 Å². The molecule has 1 N–H and O–H groups in total. The van der Waals surface area contributed by atoms with E-state index in [0.717, 1.165) is 19.5 Å². The van der Waals surface area contributed by atoms with E-state index in [1.54, 1.807) is 24.3 Å². The summed E-state index contributed by atoms with van der Waals surface area (Å²) in [6.45, 7) is 6.15. The van der Waals surface area contributed by atoms with Crippen LogP contribution in [0.1, 0.15) is 20.3 Å². The summed E-state index contributed by atoms with van der Waals surface area (Å²) >= 11 is 0. The molecule has 1 heterocycles. The second-order valence-corrected chi connectivity index (χ2v) is 8.69. The van der Waals surface area contributed by atoms with Gasteiger partial charge in [0.25, 0.3) is 0 Å². The first kappa shape index (κ1) is 18.7. The summed E-state index contributed by atoms with van der Waals surface area (Å²) in [7, 11) is -3.50. The summed E-state index contributed by atoms with van der Waals surface area (Å²) in [5.74, 6) is 0.988. The van der Waals surface area contributed by atoms with E-state index in [0.29, 0.717) is 18.2 Å². The third-order valence-electron chi connectivity index (χ3n) is 4.48. The molecule has 0 aliphatic carbocycles. The number of anilines is 1. The Kier molecular flexibility index (Phi) is 5.84. The average Bonchev–Trinajstić information content (AvgIpc) is 3.10. The van der Waals surface area contributed by atoms with E-state index in [9.17, 15) is 8.42 Å². The number of hydrogen-bond donors (Lipinski definition) is 1. The van der Waals surface area contributed by atoms with Crippen molar-refractivity contribution in [2.75, 3.05) is 24.5 Å². The molecule has 1 atom stereocenters. The van der Waals surface area contributed by atoms with Gasteiger partial charge in [-0.05, 0) is 62.6 Å². The molecule has 0 bridgehead atoms. The predicted octanol–water partition coefficient (Wildman–Crippen LogP) is 3.28. The fourth-order valence-electron chi connectivity index (χ4n) is 3.15. The lowest BCUT2D eigenvalue weighted by Gasteiger charge is -2.18. The lowest BCUT2D eigenvalue weighted by atomic mass is 10.1. The third kappa shape index (κ3) is 4.77. The van der Waals surface area contributed by atoms with Gasteiger partial charge in [-0.15, -0.1) is 0 Å². The zero-order chi connectivity index (χ0) is 18.6. The number of benzene rings is 2. The van der Waals surface area contributed by atoms with Gasteiger partial charge < -0.3 is 9.64 Å². The first-order valence-corrected chi connectivity index (χ1v) is 10.5. The SMILES string of the molecule is CC(C)Oc1ccc(S(=O)(=O)NCC2CCN(c3ccccc3)C2)cc1. The number of sulfonamides is 1. The highest BCUT2D eigenvalue weighted by molar-refractivity contribution is 7.89. The van der Waals surface area contributed by atoms with Crippen molar-refractivity contribution in [1.82, 2.24) is 4.72 Å². The molecule has 0 aromatic heterocycles. The molecule has 1 aliphatic heterocycles. The number of para-hydroxylation sites is 1. The lowest BCUT2D eigenvalue weighted by Crippen LogP contribution is -2.31. The normalized spacial score (nSPS) is 17.7. The molecule has 5 nitrogen and oxygen atoms in total. The maximum atomic E-state index is 12.5. The predicted molar refractivity (Wildman–Crippen MR) is 104 cm³/mol. The molecular weight excluding hydrogens is 348 g/mol. The fourth-order valence-corrected chi connectivity index (χ4v) is 4.27. The molecule has 1 aliphatic rings. The minimum absolute atomic E-state index is 0.0607. The number of nitrogens with one attached hydrogen (secondary N) is 1. The van der Waals surface area contributed by atoms with Crippen LogP contribution >= 0.6 is 0 Å². The number of ether oxygens (including phenoxy) is 1. The molecule has 0 saturated carbocycles. The molecule has 2 aromatic carbocycles. The summed E-state index contributed by atoms with van der Waals surface area (Å²) in [6, 6.07) is 16.8. The Balaban J connectivity index is 1.55. The summed E-state index contributed by atoms with van der Waals surface area (Å²) < 4.78 is 33.3. The Morgan fingerprint density at radius 1 is 1.12 bits per heavy atom. The van der Waals surface area contributed by atoms with E-state index in [4.69, 9.17) is 4.74 Å². The molecule has 0 spiro atoms. The second-order valence-electron chi connectivity index (χ2n) is 6.93. The molecule has 6 heteroatoms. The molecule has 26 heavy (non-hydrogen) atoms. The Hall–Kier alpha value is -2.05. The van der Waals surface area contributed by atoms with Crippen LogP contribution in [-0.2, 0) is 10.0 Å². The minimum Gasteiger partial charge on any atom is -0.491 e. The van der Waals surface area contributed by atoms with Gasteiger partial charge in [0.05, 0.1) is 11.0 Å². The summed E-state index contributed by atoms with van der Waals surface area (Å²) in [5, 5.41) is 0. The van der Waals surface area contributed by atoms with E-state index in [2.05, 4.69) is 21.8 Å². The number of rotatable bonds is 7. The van der Waals surface area contributed by atoms with E-state index < -0.39 is 10.0 Å². The van der Waals surface area contributed by atoms with Crippen molar-refractivity contribution in [3.05, 3.63) is 54.6 Å². The Bertz CT molecular complexity index is 805. The summed E-state index contributed by atoms with van der Waals surface area (Å²) in [5.41, 5.74) is 1.19. The van der Waals surface area contributed by atoms with Crippen molar-refractivity contribution < 1.29 is 13.2 Å². The third-order valence-corrected chi connectivity index (χ3v) is 5.91. The van der Waals surface area contributed by atoms with Crippen LogP contribution in [0.3, 0.4) is 0 Å². The molecule has 2 aromatic rings. The van der Waals surface area contributed by atoms with Gasteiger partial charge in [0, 0.05) is 25.3 Å². The van der Waals surface area contributed by atoms with Crippen LogP contribution in [0.2, 0.25) is 0 Å². The highest BCUT2D eigenvalue weighted by Gasteiger charge is 2.24.